The number of hydrogen-bond donors (Lipinski definition) is 2. The van der Waals surface area contributed by atoms with E-state index in [-0.39, 0.29) is 12.4 Å². The normalized spacial score (nSPS) is 30.3. The molecular formula is C20H22FN3O6. The monoisotopic (exact) mass is 419 g/mol. The van der Waals surface area contributed by atoms with Gasteiger partial charge in [-0.1, -0.05) is 18.2 Å². The summed E-state index contributed by atoms with van der Waals surface area (Å²) in [5, 5.41) is 12.9. The number of carbonyl (C=O) groups excluding carboxylic acids is 1. The van der Waals surface area contributed by atoms with Crippen molar-refractivity contribution in [2.24, 2.45) is 0 Å². The summed E-state index contributed by atoms with van der Waals surface area (Å²) < 4.78 is 32.6. The quantitative estimate of drug-likeness (QED) is 0.770. The Kier molecular flexibility index (Phi) is 5.41. The maximum absolute atomic E-state index is 14.9. The van der Waals surface area contributed by atoms with Crippen LogP contribution in [-0.2, 0) is 14.2 Å². The fourth-order valence-corrected chi connectivity index (χ4v) is 3.50. The average Bonchev–Trinajstić information content (AvgIpc) is 2.72. The number of aliphatic hydroxyl groups excluding tert-OH is 1. The predicted molar refractivity (Wildman–Crippen MR) is 103 cm³/mol. The van der Waals surface area contributed by atoms with E-state index in [1.165, 1.54) is 12.3 Å². The Labute approximate surface area is 171 Å². The van der Waals surface area contributed by atoms with Crippen LogP contribution < -0.4 is 11.0 Å². The molecule has 30 heavy (non-hydrogen) atoms. The molecule has 0 radical (unpaired) electrons. The van der Waals surface area contributed by atoms with Crippen molar-refractivity contribution in [1.82, 2.24) is 9.55 Å². The molecule has 0 aliphatic carbocycles. The summed E-state index contributed by atoms with van der Waals surface area (Å²) in [6, 6.07) is 9.81. The average molecular weight is 419 g/mol. The first-order valence-corrected chi connectivity index (χ1v) is 9.50. The number of alkyl halides is 1. The molecule has 3 heterocycles. The van der Waals surface area contributed by atoms with Gasteiger partial charge in [-0.2, -0.15) is 4.98 Å². The van der Waals surface area contributed by atoms with Crippen LogP contribution in [0.2, 0.25) is 0 Å². The van der Waals surface area contributed by atoms with Crippen molar-refractivity contribution in [3.8, 4) is 0 Å². The molecule has 4 rings (SSSR count). The lowest BCUT2D eigenvalue weighted by molar-refractivity contribution is -0.358. The van der Waals surface area contributed by atoms with Gasteiger partial charge in [-0.3, -0.25) is 9.36 Å². The minimum atomic E-state index is -1.79. The maximum atomic E-state index is 14.9. The molecule has 0 unspecified atom stereocenters. The molecule has 9 nitrogen and oxygen atoms in total. The lowest BCUT2D eigenvalue weighted by Crippen LogP contribution is -2.62. The van der Waals surface area contributed by atoms with Crippen molar-refractivity contribution in [2.75, 3.05) is 11.9 Å². The van der Waals surface area contributed by atoms with Crippen molar-refractivity contribution >= 4 is 11.7 Å². The molecule has 2 fully saturated rings. The molecule has 1 amide bonds. The van der Waals surface area contributed by atoms with Gasteiger partial charge < -0.3 is 24.6 Å². The molecular weight excluding hydrogens is 397 g/mol. The summed E-state index contributed by atoms with van der Waals surface area (Å²) in [7, 11) is 0. The second-order valence-corrected chi connectivity index (χ2v) is 7.62. The van der Waals surface area contributed by atoms with Crippen LogP contribution in [0, 0.1) is 0 Å². The third-order valence-corrected chi connectivity index (χ3v) is 5.01. The Morgan fingerprint density at radius 2 is 2.03 bits per heavy atom. The predicted octanol–water partition coefficient (Wildman–Crippen LogP) is 1.24. The van der Waals surface area contributed by atoms with E-state index in [2.05, 4.69) is 10.3 Å². The Hall–Kier alpha value is -2.66. The van der Waals surface area contributed by atoms with Gasteiger partial charge in [0.05, 0.1) is 6.61 Å². The number of hydrogen-bond acceptors (Lipinski definition) is 7. The first-order chi connectivity index (χ1) is 14.2. The lowest BCUT2D eigenvalue weighted by atomic mass is 9.98. The largest absolute Gasteiger partial charge is 0.385 e. The summed E-state index contributed by atoms with van der Waals surface area (Å²) in [4.78, 5) is 28.5. The van der Waals surface area contributed by atoms with Gasteiger partial charge >= 0.3 is 5.69 Å². The third kappa shape index (κ3) is 3.99. The number of benzene rings is 1. The summed E-state index contributed by atoms with van der Waals surface area (Å²) in [6.07, 6.45) is -5.29. The number of ether oxygens (including phenoxy) is 3. The van der Waals surface area contributed by atoms with Crippen LogP contribution in [0.5, 0.6) is 0 Å². The van der Waals surface area contributed by atoms with Gasteiger partial charge in [0.15, 0.2) is 18.2 Å². The highest BCUT2D eigenvalue weighted by molar-refractivity contribution is 6.03. The van der Waals surface area contributed by atoms with E-state index in [0.29, 0.717) is 5.56 Å². The highest BCUT2D eigenvalue weighted by atomic mass is 19.1. The van der Waals surface area contributed by atoms with Gasteiger partial charge in [-0.05, 0) is 32.0 Å². The van der Waals surface area contributed by atoms with Gasteiger partial charge in [-0.15, -0.1) is 0 Å². The number of halogens is 1. The topological polar surface area (TPSA) is 112 Å². The zero-order valence-corrected chi connectivity index (χ0v) is 16.4. The molecule has 5 atom stereocenters. The SMILES string of the molecule is CC1(C)OC[C@H]2O[C@@H](n3ccc(NC(=O)c4ccccc4)nc3=O)[C@H](O)[C@@H](F)[C@@H]2O1. The van der Waals surface area contributed by atoms with Gasteiger partial charge in [-0.25, -0.2) is 9.18 Å². The molecule has 0 saturated carbocycles. The van der Waals surface area contributed by atoms with Crippen molar-refractivity contribution in [2.45, 2.75) is 50.3 Å². The molecule has 2 aromatic rings. The molecule has 0 spiro atoms. The summed E-state index contributed by atoms with van der Waals surface area (Å²) >= 11 is 0. The van der Waals surface area contributed by atoms with Gasteiger partial charge in [0.25, 0.3) is 5.91 Å². The maximum Gasteiger partial charge on any atom is 0.351 e. The number of anilines is 1. The molecule has 160 valence electrons. The van der Waals surface area contributed by atoms with Crippen LogP contribution in [0.1, 0.15) is 30.4 Å². The van der Waals surface area contributed by atoms with Gasteiger partial charge in [0.1, 0.15) is 24.1 Å². The zero-order valence-electron chi connectivity index (χ0n) is 16.4. The molecule has 1 aromatic carbocycles. The number of nitrogens with one attached hydrogen (secondary N) is 1. The first kappa shape index (κ1) is 20.6. The number of rotatable bonds is 3. The van der Waals surface area contributed by atoms with E-state index >= 15 is 0 Å². The van der Waals surface area contributed by atoms with E-state index in [1.54, 1.807) is 44.2 Å². The molecule has 2 aliphatic rings. The number of nitrogens with zero attached hydrogens (tertiary/aromatic N) is 2. The highest BCUT2D eigenvalue weighted by Crippen LogP contribution is 2.36. The summed E-state index contributed by atoms with van der Waals surface area (Å²) in [5.74, 6) is -1.41. The lowest BCUT2D eigenvalue weighted by Gasteiger charge is -2.48. The first-order valence-electron chi connectivity index (χ1n) is 9.50. The van der Waals surface area contributed by atoms with E-state index in [1.807, 2.05) is 0 Å². The van der Waals surface area contributed by atoms with Crippen LogP contribution in [0.4, 0.5) is 10.2 Å². The van der Waals surface area contributed by atoms with E-state index in [4.69, 9.17) is 14.2 Å². The number of aliphatic hydroxyl groups is 1. The van der Waals surface area contributed by atoms with Crippen LogP contribution >= 0.6 is 0 Å². The zero-order chi connectivity index (χ0) is 21.5. The van der Waals surface area contributed by atoms with Crippen molar-refractivity contribution < 1.29 is 28.5 Å². The molecule has 1 aromatic heterocycles. The summed E-state index contributed by atoms with van der Waals surface area (Å²) in [6.45, 7) is 3.34. The Morgan fingerprint density at radius 3 is 2.73 bits per heavy atom. The second-order valence-electron chi connectivity index (χ2n) is 7.62. The Balaban J connectivity index is 1.52. The standard InChI is InChI=1S/C20H22FN3O6/c1-20(2)28-10-12-16(30-20)14(21)15(25)18(29-12)24-9-8-13(23-19(24)27)22-17(26)11-6-4-3-5-7-11/h3-9,12,14-16,18,25H,10H2,1-2H3,(H,22,23,26,27)/t12-,14-,15-,16-,18-/m1/s1. The number of fused-ring (bicyclic) bond motifs is 1. The number of carbonyl (C=O) groups is 1. The Bertz CT molecular complexity index is 980. The van der Waals surface area contributed by atoms with Gasteiger partial charge in [0, 0.05) is 11.8 Å². The smallest absolute Gasteiger partial charge is 0.351 e. The van der Waals surface area contributed by atoms with E-state index in [0.717, 1.165) is 4.57 Å². The highest BCUT2D eigenvalue weighted by Gasteiger charge is 2.52. The number of amides is 1. The minimum Gasteiger partial charge on any atom is -0.385 e. The molecule has 0 bridgehead atoms. The fraction of sp³-hybridized carbons (Fsp3) is 0.450. The van der Waals surface area contributed by atoms with E-state index < -0.39 is 48.1 Å². The van der Waals surface area contributed by atoms with Gasteiger partial charge in [0.2, 0.25) is 0 Å². The molecule has 2 N–H and O–H groups in total. The molecule has 10 heteroatoms. The van der Waals surface area contributed by atoms with Crippen molar-refractivity contribution in [1.29, 1.82) is 0 Å². The van der Waals surface area contributed by atoms with Crippen LogP contribution in [0.25, 0.3) is 0 Å². The number of aromatic nitrogens is 2. The van der Waals surface area contributed by atoms with Crippen molar-refractivity contribution in [3.05, 3.63) is 58.6 Å². The van der Waals surface area contributed by atoms with Crippen molar-refractivity contribution in [3.63, 3.8) is 0 Å². The molecule has 2 saturated heterocycles. The van der Waals surface area contributed by atoms with E-state index in [9.17, 15) is 19.1 Å². The molecule has 2 aliphatic heterocycles. The summed E-state index contributed by atoms with van der Waals surface area (Å²) in [5.41, 5.74) is -0.408. The third-order valence-electron chi connectivity index (χ3n) is 5.01. The Morgan fingerprint density at radius 1 is 1.30 bits per heavy atom. The second kappa shape index (κ2) is 7.88. The van der Waals surface area contributed by atoms with Crippen LogP contribution in [-0.4, -0.2) is 57.4 Å². The van der Waals surface area contributed by atoms with Crippen LogP contribution in [0.15, 0.2) is 47.4 Å². The van der Waals surface area contributed by atoms with Crippen LogP contribution in [0.3, 0.4) is 0 Å². The minimum absolute atomic E-state index is 0.0242. The fourth-order valence-electron chi connectivity index (χ4n) is 3.50.